The molecule has 7 heteroatoms. The molecule has 1 aliphatic rings. The van der Waals surface area contributed by atoms with Gasteiger partial charge in [-0.05, 0) is 48.2 Å². The fourth-order valence-electron chi connectivity index (χ4n) is 4.41. The number of hydrazine groups is 1. The van der Waals surface area contributed by atoms with Crippen molar-refractivity contribution in [2.45, 2.75) is 45.6 Å². The number of carbonyl (C=O) groups excluding carboxylic acids is 4. The van der Waals surface area contributed by atoms with Crippen molar-refractivity contribution < 1.29 is 19.2 Å². The highest BCUT2D eigenvalue weighted by Gasteiger charge is 2.45. The van der Waals surface area contributed by atoms with E-state index in [2.05, 4.69) is 5.43 Å². The number of rotatable bonds is 6. The van der Waals surface area contributed by atoms with Crippen LogP contribution in [0.4, 0.5) is 5.69 Å². The summed E-state index contributed by atoms with van der Waals surface area (Å²) in [5, 5.41) is 1.04. The maximum atomic E-state index is 13.6. The number of hydrogen-bond donors (Lipinski definition) is 1. The highest BCUT2D eigenvalue weighted by molar-refractivity contribution is 6.23. The number of nitrogens with zero attached hydrogens (tertiary/aromatic N) is 2. The van der Waals surface area contributed by atoms with Gasteiger partial charge in [0, 0.05) is 6.42 Å². The molecule has 7 nitrogen and oxygen atoms in total. The van der Waals surface area contributed by atoms with Crippen molar-refractivity contribution in [3.63, 3.8) is 0 Å². The first-order valence-electron chi connectivity index (χ1n) is 12.0. The monoisotopic (exact) mass is 483 g/mol. The summed E-state index contributed by atoms with van der Waals surface area (Å²) < 4.78 is 0. The van der Waals surface area contributed by atoms with Crippen molar-refractivity contribution in [2.24, 2.45) is 0 Å². The van der Waals surface area contributed by atoms with Gasteiger partial charge in [0.2, 0.25) is 11.8 Å². The first-order chi connectivity index (χ1) is 17.3. The third-order valence-corrected chi connectivity index (χ3v) is 6.51. The summed E-state index contributed by atoms with van der Waals surface area (Å²) >= 11 is 0. The first-order valence-corrected chi connectivity index (χ1v) is 12.0. The Labute approximate surface area is 210 Å². The topological polar surface area (TPSA) is 86.8 Å². The molecule has 4 amide bonds. The van der Waals surface area contributed by atoms with Gasteiger partial charge in [-0.15, -0.1) is 0 Å². The van der Waals surface area contributed by atoms with Crippen LogP contribution in [-0.2, 0) is 19.2 Å². The highest BCUT2D eigenvalue weighted by atomic mass is 16.2. The normalized spacial score (nSPS) is 15.3. The van der Waals surface area contributed by atoms with E-state index < -0.39 is 35.6 Å². The lowest BCUT2D eigenvalue weighted by Gasteiger charge is -2.29. The minimum Gasteiger partial charge on any atom is -0.274 e. The van der Waals surface area contributed by atoms with Gasteiger partial charge in [0.1, 0.15) is 6.04 Å². The van der Waals surface area contributed by atoms with Crippen LogP contribution in [0.5, 0.6) is 0 Å². The van der Waals surface area contributed by atoms with Crippen molar-refractivity contribution in [2.75, 3.05) is 4.90 Å². The molecule has 3 aromatic rings. The van der Waals surface area contributed by atoms with Gasteiger partial charge in [-0.2, -0.15) is 0 Å². The Bertz CT molecular complexity index is 1250. The van der Waals surface area contributed by atoms with Crippen LogP contribution in [-0.4, -0.2) is 34.7 Å². The van der Waals surface area contributed by atoms with E-state index in [0.717, 1.165) is 32.2 Å². The van der Waals surface area contributed by atoms with Gasteiger partial charge in [0.15, 0.2) is 0 Å². The van der Waals surface area contributed by atoms with Crippen LogP contribution in [0.2, 0.25) is 0 Å². The summed E-state index contributed by atoms with van der Waals surface area (Å²) in [6.07, 6.45) is -0.150. The maximum absolute atomic E-state index is 13.6. The Kier molecular flexibility index (Phi) is 7.29. The standard InChI is InChI=1S/C29H29N3O4/c1-4-25(33)32(24-18-26(34)31(29(24)36)23-16-15-19(2)20(3)17-23)30-28(35)27(21-11-7-5-8-12-21)22-13-9-6-10-14-22/h5-17,24,27H,4,18H2,1-3H3,(H,30,35). The van der Waals surface area contributed by atoms with Gasteiger partial charge in [0.25, 0.3) is 11.8 Å². The van der Waals surface area contributed by atoms with Crippen LogP contribution >= 0.6 is 0 Å². The van der Waals surface area contributed by atoms with Crippen molar-refractivity contribution in [3.8, 4) is 0 Å². The average molecular weight is 484 g/mol. The molecule has 1 heterocycles. The van der Waals surface area contributed by atoms with Crippen LogP contribution in [0.1, 0.15) is 47.9 Å². The van der Waals surface area contributed by atoms with Crippen LogP contribution in [0, 0.1) is 13.8 Å². The number of imide groups is 1. The number of anilines is 1. The highest BCUT2D eigenvalue weighted by Crippen LogP contribution is 2.29. The number of nitrogens with one attached hydrogen (secondary N) is 1. The molecule has 1 N–H and O–H groups in total. The van der Waals surface area contributed by atoms with Crippen molar-refractivity contribution in [1.82, 2.24) is 10.4 Å². The number of hydrogen-bond acceptors (Lipinski definition) is 4. The van der Waals surface area contributed by atoms with E-state index in [1.807, 2.05) is 80.6 Å². The molecule has 1 aliphatic heterocycles. The fourth-order valence-corrected chi connectivity index (χ4v) is 4.41. The van der Waals surface area contributed by atoms with Crippen molar-refractivity contribution in [3.05, 3.63) is 101 Å². The molecule has 1 atom stereocenters. The third-order valence-electron chi connectivity index (χ3n) is 6.51. The second-order valence-corrected chi connectivity index (χ2v) is 8.90. The van der Waals surface area contributed by atoms with E-state index in [9.17, 15) is 19.2 Å². The van der Waals surface area contributed by atoms with Gasteiger partial charge in [-0.1, -0.05) is 73.7 Å². The van der Waals surface area contributed by atoms with Gasteiger partial charge in [-0.3, -0.25) is 24.6 Å². The zero-order chi connectivity index (χ0) is 25.8. The third kappa shape index (κ3) is 4.91. The molecule has 0 aromatic heterocycles. The predicted octanol–water partition coefficient (Wildman–Crippen LogP) is 4.04. The average Bonchev–Trinajstić information content (AvgIpc) is 3.18. The van der Waals surface area contributed by atoms with Gasteiger partial charge in [0.05, 0.1) is 18.0 Å². The number of aryl methyl sites for hydroxylation is 2. The lowest BCUT2D eigenvalue weighted by Crippen LogP contribution is -2.55. The number of amides is 4. The molecule has 0 spiro atoms. The summed E-state index contributed by atoms with van der Waals surface area (Å²) in [6, 6.07) is 22.7. The molecule has 0 bridgehead atoms. The minimum atomic E-state index is -1.12. The molecule has 1 fully saturated rings. The van der Waals surface area contributed by atoms with E-state index in [1.165, 1.54) is 0 Å². The second kappa shape index (κ2) is 10.6. The van der Waals surface area contributed by atoms with E-state index in [-0.39, 0.29) is 12.8 Å². The lowest BCUT2D eigenvalue weighted by molar-refractivity contribution is -0.147. The smallest absolute Gasteiger partial charge is 0.259 e. The first kappa shape index (κ1) is 24.9. The van der Waals surface area contributed by atoms with Crippen LogP contribution in [0.15, 0.2) is 78.9 Å². The fraction of sp³-hybridized carbons (Fsp3) is 0.241. The minimum absolute atomic E-state index is 0.0588. The Morgan fingerprint density at radius 3 is 2.03 bits per heavy atom. The lowest BCUT2D eigenvalue weighted by atomic mass is 9.91. The predicted molar refractivity (Wildman–Crippen MR) is 137 cm³/mol. The Morgan fingerprint density at radius 1 is 0.917 bits per heavy atom. The Hall–Kier alpha value is -4.26. The van der Waals surface area contributed by atoms with E-state index in [0.29, 0.717) is 5.69 Å². The molecular formula is C29H29N3O4. The summed E-state index contributed by atoms with van der Waals surface area (Å²) in [5.74, 6) is -2.57. The molecule has 1 saturated heterocycles. The molecule has 1 unspecified atom stereocenters. The summed E-state index contributed by atoms with van der Waals surface area (Å²) in [4.78, 5) is 54.0. The van der Waals surface area contributed by atoms with Crippen LogP contribution in [0.3, 0.4) is 0 Å². The molecule has 3 aromatic carbocycles. The van der Waals surface area contributed by atoms with Crippen LogP contribution < -0.4 is 10.3 Å². The second-order valence-electron chi connectivity index (χ2n) is 8.90. The molecule has 4 rings (SSSR count). The molecular weight excluding hydrogens is 454 g/mol. The maximum Gasteiger partial charge on any atom is 0.259 e. The van der Waals surface area contributed by atoms with Gasteiger partial charge >= 0.3 is 0 Å². The summed E-state index contributed by atoms with van der Waals surface area (Å²) in [5.41, 5.74) is 6.63. The molecule has 36 heavy (non-hydrogen) atoms. The van der Waals surface area contributed by atoms with E-state index >= 15 is 0 Å². The van der Waals surface area contributed by atoms with Gasteiger partial charge in [-0.25, -0.2) is 9.91 Å². The van der Waals surface area contributed by atoms with E-state index in [4.69, 9.17) is 0 Å². The van der Waals surface area contributed by atoms with Crippen molar-refractivity contribution >= 4 is 29.3 Å². The molecule has 0 saturated carbocycles. The molecule has 184 valence electrons. The Morgan fingerprint density at radius 2 is 1.50 bits per heavy atom. The zero-order valence-electron chi connectivity index (χ0n) is 20.6. The summed E-state index contributed by atoms with van der Waals surface area (Å²) in [6.45, 7) is 5.50. The SMILES string of the molecule is CCC(=O)N(NC(=O)C(c1ccccc1)c1ccccc1)C1CC(=O)N(c2ccc(C)c(C)c2)C1=O. The molecule has 0 radical (unpaired) electrons. The molecule has 0 aliphatic carbocycles. The van der Waals surface area contributed by atoms with Gasteiger partial charge < -0.3 is 0 Å². The number of carbonyl (C=O) groups is 4. The Balaban J connectivity index is 1.65. The van der Waals surface area contributed by atoms with Crippen LogP contribution in [0.25, 0.3) is 0 Å². The van der Waals surface area contributed by atoms with Crippen molar-refractivity contribution in [1.29, 1.82) is 0 Å². The quantitative estimate of drug-likeness (QED) is 0.424. The largest absolute Gasteiger partial charge is 0.274 e. The number of benzene rings is 3. The zero-order valence-corrected chi connectivity index (χ0v) is 20.6. The summed E-state index contributed by atoms with van der Waals surface area (Å²) in [7, 11) is 0. The van der Waals surface area contributed by atoms with E-state index in [1.54, 1.807) is 19.1 Å².